The molecule has 0 atom stereocenters. The summed E-state index contributed by atoms with van der Waals surface area (Å²) < 4.78 is 5.54. The molecule has 0 radical (unpaired) electrons. The molecule has 156 valence electrons. The van der Waals surface area contributed by atoms with Crippen molar-refractivity contribution in [2.24, 2.45) is 0 Å². The Balaban J connectivity index is 1.65. The van der Waals surface area contributed by atoms with E-state index in [4.69, 9.17) is 4.74 Å². The number of anilines is 1. The Labute approximate surface area is 180 Å². The summed E-state index contributed by atoms with van der Waals surface area (Å²) in [5, 5.41) is 2.31. The lowest BCUT2D eigenvalue weighted by Crippen LogP contribution is -2.36. The van der Waals surface area contributed by atoms with Crippen LogP contribution in [0.15, 0.2) is 47.4 Å². The fourth-order valence-electron chi connectivity index (χ4n) is 2.96. The maximum Gasteiger partial charge on any atom is 0.294 e. The second-order valence-electron chi connectivity index (χ2n) is 7.05. The smallest absolute Gasteiger partial charge is 0.294 e. The molecule has 7 heteroatoms. The highest BCUT2D eigenvalue weighted by Crippen LogP contribution is 2.32. The third kappa shape index (κ3) is 5.30. The van der Waals surface area contributed by atoms with Crippen molar-refractivity contribution in [1.82, 2.24) is 4.90 Å². The van der Waals surface area contributed by atoms with Crippen molar-refractivity contribution in [2.45, 2.75) is 27.2 Å². The van der Waals surface area contributed by atoms with Gasteiger partial charge < -0.3 is 10.1 Å². The number of amides is 3. The quantitative estimate of drug-likeness (QED) is 0.648. The SMILES string of the molecule is CCCOc1ccc(/C=C2\SC(=O)N(CC(=O)Nc3ccc(C)cc3C)C2=O)cc1. The van der Waals surface area contributed by atoms with Gasteiger partial charge in [-0.1, -0.05) is 36.8 Å². The molecule has 2 aromatic rings. The fraction of sp³-hybridized carbons (Fsp3) is 0.261. The van der Waals surface area contributed by atoms with Gasteiger partial charge in [0, 0.05) is 5.69 Å². The summed E-state index contributed by atoms with van der Waals surface area (Å²) in [6, 6.07) is 13.0. The molecule has 6 nitrogen and oxygen atoms in total. The Kier molecular flexibility index (Phi) is 6.95. The third-order valence-electron chi connectivity index (χ3n) is 4.48. The van der Waals surface area contributed by atoms with Crippen LogP contribution in [0.1, 0.15) is 30.0 Å². The largest absolute Gasteiger partial charge is 0.494 e. The molecule has 1 aliphatic heterocycles. The van der Waals surface area contributed by atoms with Crippen LogP contribution in [0.3, 0.4) is 0 Å². The van der Waals surface area contributed by atoms with Crippen LogP contribution >= 0.6 is 11.8 Å². The van der Waals surface area contributed by atoms with Gasteiger partial charge in [-0.2, -0.15) is 0 Å². The number of ether oxygens (including phenoxy) is 1. The monoisotopic (exact) mass is 424 g/mol. The highest BCUT2D eigenvalue weighted by molar-refractivity contribution is 8.18. The molecule has 1 heterocycles. The topological polar surface area (TPSA) is 75.7 Å². The first-order valence-electron chi connectivity index (χ1n) is 9.72. The molecule has 3 rings (SSSR count). The van der Waals surface area contributed by atoms with Gasteiger partial charge in [0.1, 0.15) is 12.3 Å². The lowest BCUT2D eigenvalue weighted by molar-refractivity contribution is -0.127. The predicted octanol–water partition coefficient (Wildman–Crippen LogP) is 4.77. The standard InChI is InChI=1S/C23H24N2O4S/c1-4-11-29-18-8-6-17(7-9-18)13-20-22(27)25(23(28)30-20)14-21(26)24-19-10-5-15(2)12-16(19)3/h5-10,12-13H,4,11,14H2,1-3H3,(H,24,26)/b20-13-. The Morgan fingerprint density at radius 2 is 1.87 bits per heavy atom. The van der Waals surface area contributed by atoms with Gasteiger partial charge in [0.2, 0.25) is 5.91 Å². The van der Waals surface area contributed by atoms with Crippen LogP contribution in [0, 0.1) is 13.8 Å². The minimum absolute atomic E-state index is 0.293. The molecule has 0 aliphatic carbocycles. The van der Waals surface area contributed by atoms with Crippen molar-refractivity contribution < 1.29 is 19.1 Å². The molecule has 1 aliphatic rings. The number of imide groups is 1. The summed E-state index contributed by atoms with van der Waals surface area (Å²) in [5.41, 5.74) is 3.46. The van der Waals surface area contributed by atoms with Crippen LogP contribution in [0.25, 0.3) is 6.08 Å². The van der Waals surface area contributed by atoms with E-state index >= 15 is 0 Å². The molecular weight excluding hydrogens is 400 g/mol. The zero-order chi connectivity index (χ0) is 21.7. The molecule has 2 aromatic carbocycles. The van der Waals surface area contributed by atoms with Gasteiger partial charge >= 0.3 is 0 Å². The number of carbonyl (C=O) groups excluding carboxylic acids is 3. The summed E-state index contributed by atoms with van der Waals surface area (Å²) in [4.78, 5) is 38.6. The molecule has 1 fully saturated rings. The van der Waals surface area contributed by atoms with E-state index in [0.717, 1.165) is 45.5 Å². The summed E-state index contributed by atoms with van der Waals surface area (Å²) >= 11 is 0.835. The number of thioether (sulfide) groups is 1. The van der Waals surface area contributed by atoms with Gasteiger partial charge in [0.25, 0.3) is 11.1 Å². The Bertz CT molecular complexity index is 999. The molecule has 0 bridgehead atoms. The molecule has 1 N–H and O–H groups in total. The molecule has 0 unspecified atom stereocenters. The number of benzene rings is 2. The molecule has 0 saturated carbocycles. The number of hydrogen-bond donors (Lipinski definition) is 1. The average Bonchev–Trinajstić information content (AvgIpc) is 2.97. The Morgan fingerprint density at radius 3 is 2.53 bits per heavy atom. The Hall–Kier alpha value is -3.06. The zero-order valence-electron chi connectivity index (χ0n) is 17.2. The first-order valence-corrected chi connectivity index (χ1v) is 10.5. The van der Waals surface area contributed by atoms with E-state index in [0.29, 0.717) is 17.2 Å². The van der Waals surface area contributed by atoms with Crippen molar-refractivity contribution >= 4 is 40.6 Å². The Morgan fingerprint density at radius 1 is 1.13 bits per heavy atom. The minimum atomic E-state index is -0.466. The van der Waals surface area contributed by atoms with E-state index in [1.807, 2.05) is 63.2 Å². The van der Waals surface area contributed by atoms with Gasteiger partial charge in [-0.25, -0.2) is 0 Å². The van der Waals surface area contributed by atoms with E-state index in [9.17, 15) is 14.4 Å². The first-order chi connectivity index (χ1) is 14.4. The van der Waals surface area contributed by atoms with Crippen molar-refractivity contribution in [1.29, 1.82) is 0 Å². The molecule has 0 spiro atoms. The fourth-order valence-corrected chi connectivity index (χ4v) is 3.79. The van der Waals surface area contributed by atoms with Gasteiger partial charge in [-0.15, -0.1) is 0 Å². The first kappa shape index (κ1) is 21.6. The van der Waals surface area contributed by atoms with Gasteiger partial charge in [-0.05, 0) is 67.4 Å². The minimum Gasteiger partial charge on any atom is -0.494 e. The molecule has 3 amide bonds. The summed E-state index contributed by atoms with van der Waals surface area (Å²) in [6.07, 6.45) is 2.57. The van der Waals surface area contributed by atoms with Crippen LogP contribution in [0.2, 0.25) is 0 Å². The second-order valence-corrected chi connectivity index (χ2v) is 8.05. The lowest BCUT2D eigenvalue weighted by Gasteiger charge is -2.14. The number of carbonyl (C=O) groups is 3. The average molecular weight is 425 g/mol. The van der Waals surface area contributed by atoms with E-state index in [1.54, 1.807) is 6.08 Å². The van der Waals surface area contributed by atoms with Crippen molar-refractivity contribution in [2.75, 3.05) is 18.5 Å². The lowest BCUT2D eigenvalue weighted by atomic mass is 10.1. The van der Waals surface area contributed by atoms with E-state index < -0.39 is 17.1 Å². The van der Waals surface area contributed by atoms with Gasteiger partial charge in [-0.3, -0.25) is 19.3 Å². The number of nitrogens with zero attached hydrogens (tertiary/aromatic N) is 1. The molecule has 1 saturated heterocycles. The molecule has 0 aromatic heterocycles. The van der Waals surface area contributed by atoms with E-state index in [2.05, 4.69) is 5.32 Å². The summed E-state index contributed by atoms with van der Waals surface area (Å²) in [5.74, 6) is -0.125. The zero-order valence-corrected chi connectivity index (χ0v) is 18.0. The van der Waals surface area contributed by atoms with Gasteiger partial charge in [0.05, 0.1) is 11.5 Å². The predicted molar refractivity (Wildman–Crippen MR) is 119 cm³/mol. The van der Waals surface area contributed by atoms with E-state index in [-0.39, 0.29) is 6.54 Å². The van der Waals surface area contributed by atoms with Crippen LogP contribution in [0.4, 0.5) is 10.5 Å². The number of nitrogens with one attached hydrogen (secondary N) is 1. The third-order valence-corrected chi connectivity index (χ3v) is 5.39. The number of aryl methyl sites for hydroxylation is 2. The maximum atomic E-state index is 12.6. The normalized spacial score (nSPS) is 15.0. The van der Waals surface area contributed by atoms with Crippen LogP contribution in [-0.4, -0.2) is 35.1 Å². The second kappa shape index (κ2) is 9.63. The van der Waals surface area contributed by atoms with Crippen molar-refractivity contribution in [3.63, 3.8) is 0 Å². The van der Waals surface area contributed by atoms with Crippen molar-refractivity contribution in [3.8, 4) is 5.75 Å². The maximum absolute atomic E-state index is 12.6. The summed E-state index contributed by atoms with van der Waals surface area (Å²) in [6.45, 7) is 6.22. The van der Waals surface area contributed by atoms with Crippen molar-refractivity contribution in [3.05, 3.63) is 64.1 Å². The van der Waals surface area contributed by atoms with Crippen LogP contribution in [0.5, 0.6) is 5.75 Å². The van der Waals surface area contributed by atoms with Crippen LogP contribution in [-0.2, 0) is 9.59 Å². The van der Waals surface area contributed by atoms with Crippen LogP contribution < -0.4 is 10.1 Å². The highest BCUT2D eigenvalue weighted by atomic mass is 32.2. The summed E-state index contributed by atoms with van der Waals surface area (Å²) in [7, 11) is 0. The highest BCUT2D eigenvalue weighted by Gasteiger charge is 2.36. The number of rotatable bonds is 7. The van der Waals surface area contributed by atoms with Gasteiger partial charge in [0.15, 0.2) is 0 Å². The molecular formula is C23H24N2O4S. The number of hydrogen-bond acceptors (Lipinski definition) is 5. The van der Waals surface area contributed by atoms with E-state index in [1.165, 1.54) is 0 Å². The molecule has 30 heavy (non-hydrogen) atoms.